The second kappa shape index (κ2) is 6.63. The van der Waals surface area contributed by atoms with Crippen LogP contribution in [-0.4, -0.2) is 9.55 Å². The summed E-state index contributed by atoms with van der Waals surface area (Å²) in [7, 11) is 0. The number of nitriles is 2. The van der Waals surface area contributed by atoms with Gasteiger partial charge in [-0.25, -0.2) is 4.98 Å². The Morgan fingerprint density at radius 2 is 1.31 bits per heavy atom. The van der Waals surface area contributed by atoms with E-state index in [1.165, 1.54) is 0 Å². The van der Waals surface area contributed by atoms with Crippen molar-refractivity contribution >= 4 is 44.2 Å². The Bertz CT molecular complexity index is 1480. The molecule has 0 amide bonds. The summed E-state index contributed by atoms with van der Waals surface area (Å²) in [5, 5.41) is 23.6. The van der Waals surface area contributed by atoms with Crippen LogP contribution in [0.1, 0.15) is 11.1 Å². The minimum absolute atomic E-state index is 0.152. The van der Waals surface area contributed by atoms with Crippen molar-refractivity contribution in [2.75, 3.05) is 0 Å². The van der Waals surface area contributed by atoms with Gasteiger partial charge in [0.15, 0.2) is 0 Å². The van der Waals surface area contributed by atoms with Crippen molar-refractivity contribution in [3.63, 3.8) is 0 Å². The van der Waals surface area contributed by atoms with Gasteiger partial charge in [-0.2, -0.15) is 10.5 Å². The number of imidazole rings is 1. The van der Waals surface area contributed by atoms with Gasteiger partial charge in [-0.3, -0.25) is 0 Å². The lowest BCUT2D eigenvalue weighted by molar-refractivity contribution is 0.927. The minimum atomic E-state index is 0.152. The fraction of sp³-hybridized carbons (Fsp3) is 0.0417. The van der Waals surface area contributed by atoms with E-state index in [0.717, 1.165) is 32.6 Å². The van der Waals surface area contributed by atoms with Gasteiger partial charge >= 0.3 is 0 Å². The average molecular weight is 393 g/mol. The topological polar surface area (TPSA) is 65.4 Å². The van der Waals surface area contributed by atoms with Crippen molar-refractivity contribution in [1.29, 1.82) is 10.5 Å². The number of rotatable bonds is 2. The molecular weight excluding hydrogens is 380 g/mol. The number of aromatic nitrogens is 2. The highest BCUT2D eigenvalue weighted by atomic mass is 35.5. The van der Waals surface area contributed by atoms with Gasteiger partial charge in [0.05, 0.1) is 45.9 Å². The predicted molar refractivity (Wildman–Crippen MR) is 115 cm³/mol. The van der Waals surface area contributed by atoms with Crippen LogP contribution in [0.3, 0.4) is 0 Å². The summed E-state index contributed by atoms with van der Waals surface area (Å²) in [5.41, 5.74) is 3.04. The van der Waals surface area contributed by atoms with E-state index in [1.54, 1.807) is 18.2 Å². The Morgan fingerprint density at radius 1 is 0.759 bits per heavy atom. The number of hydrogen-bond donors (Lipinski definition) is 0. The van der Waals surface area contributed by atoms with E-state index < -0.39 is 0 Å². The maximum atomic E-state index is 9.65. The molecule has 0 fully saturated rings. The molecule has 0 aliphatic rings. The number of nitrogens with zero attached hydrogens (tertiary/aromatic N) is 4. The molecule has 5 heteroatoms. The van der Waals surface area contributed by atoms with E-state index in [4.69, 9.17) is 16.6 Å². The van der Waals surface area contributed by atoms with E-state index in [1.807, 2.05) is 34.9 Å². The Hall–Kier alpha value is -3.86. The zero-order valence-corrected chi connectivity index (χ0v) is 16.0. The van der Waals surface area contributed by atoms with Crippen molar-refractivity contribution in [3.05, 3.63) is 77.9 Å². The first-order chi connectivity index (χ1) is 14.3. The molecule has 0 unspecified atom stereocenters. The second-order valence-corrected chi connectivity index (χ2v) is 6.96. The lowest BCUT2D eigenvalue weighted by Crippen LogP contribution is -2.00. The summed E-state index contributed by atoms with van der Waals surface area (Å²) < 4.78 is 1.89. The fourth-order valence-corrected chi connectivity index (χ4v) is 4.28. The van der Waals surface area contributed by atoms with Gasteiger partial charge in [-0.1, -0.05) is 54.6 Å². The van der Waals surface area contributed by atoms with Crippen LogP contribution in [-0.2, 0) is 6.00 Å². The van der Waals surface area contributed by atoms with E-state index >= 15 is 0 Å². The summed E-state index contributed by atoms with van der Waals surface area (Å²) >= 11 is 6.40. The molecular formula is C24H13ClN4. The smallest absolute Gasteiger partial charge is 0.144 e. The Morgan fingerprint density at radius 3 is 1.90 bits per heavy atom. The molecule has 29 heavy (non-hydrogen) atoms. The van der Waals surface area contributed by atoms with Crippen LogP contribution in [0.5, 0.6) is 0 Å². The largest absolute Gasteiger partial charge is 0.309 e. The van der Waals surface area contributed by atoms with Gasteiger partial charge < -0.3 is 4.57 Å². The first-order valence-corrected chi connectivity index (χ1v) is 9.61. The molecule has 1 aromatic heterocycles. The monoisotopic (exact) mass is 392 g/mol. The van der Waals surface area contributed by atoms with Crippen LogP contribution in [0.2, 0.25) is 0 Å². The quantitative estimate of drug-likeness (QED) is 0.275. The number of alkyl halides is 1. The summed E-state index contributed by atoms with van der Waals surface area (Å²) in [6, 6.07) is 25.9. The number of benzene rings is 4. The lowest BCUT2D eigenvalue weighted by atomic mass is 10.00. The van der Waals surface area contributed by atoms with Crippen LogP contribution < -0.4 is 0 Å². The minimum Gasteiger partial charge on any atom is -0.309 e. The summed E-state index contributed by atoms with van der Waals surface area (Å²) in [6.45, 7) is 0. The predicted octanol–water partition coefficient (Wildman–Crippen LogP) is 5.95. The van der Waals surface area contributed by atoms with Crippen LogP contribution in [0.25, 0.3) is 44.0 Å². The molecule has 0 saturated carbocycles. The summed E-state index contributed by atoms with van der Waals surface area (Å²) in [5.74, 6) is 0.533. The first kappa shape index (κ1) is 17.3. The molecule has 0 radical (unpaired) electrons. The van der Waals surface area contributed by atoms with Gasteiger partial charge in [0.2, 0.25) is 0 Å². The molecule has 0 spiro atoms. The molecule has 136 valence electrons. The molecule has 0 N–H and O–H groups in total. The van der Waals surface area contributed by atoms with E-state index in [2.05, 4.69) is 30.3 Å². The molecule has 5 aromatic rings. The van der Waals surface area contributed by atoms with Crippen molar-refractivity contribution in [1.82, 2.24) is 9.55 Å². The number of fused-ring (bicyclic) bond motifs is 6. The van der Waals surface area contributed by atoms with E-state index in [0.29, 0.717) is 22.5 Å². The first-order valence-electron chi connectivity index (χ1n) is 9.07. The third-order valence-electron chi connectivity index (χ3n) is 5.27. The highest BCUT2D eigenvalue weighted by Gasteiger charge is 2.22. The molecule has 0 aliphatic carbocycles. The zero-order valence-electron chi connectivity index (χ0n) is 15.2. The second-order valence-electron chi connectivity index (χ2n) is 6.72. The lowest BCUT2D eigenvalue weighted by Gasteiger charge is -2.10. The van der Waals surface area contributed by atoms with Gasteiger partial charge in [0, 0.05) is 10.8 Å². The van der Waals surface area contributed by atoms with Crippen LogP contribution in [0.4, 0.5) is 0 Å². The summed E-state index contributed by atoms with van der Waals surface area (Å²) in [6.07, 6.45) is 0. The number of halogens is 1. The Kier molecular flexibility index (Phi) is 3.95. The highest BCUT2D eigenvalue weighted by molar-refractivity contribution is 6.24. The Balaban J connectivity index is 2.05. The summed E-state index contributed by atoms with van der Waals surface area (Å²) in [4.78, 5) is 4.93. The molecule has 0 atom stereocenters. The molecule has 0 aliphatic heterocycles. The Labute approximate surface area is 171 Å². The van der Waals surface area contributed by atoms with Crippen molar-refractivity contribution < 1.29 is 0 Å². The maximum Gasteiger partial charge on any atom is 0.144 e. The van der Waals surface area contributed by atoms with E-state index in [9.17, 15) is 10.5 Å². The van der Waals surface area contributed by atoms with Crippen LogP contribution in [0, 0.1) is 22.7 Å². The standard InChI is InChI=1S/C24H13ClN4/c25-14-29-23-20-11-4-2-9-18(20)17-8-1-3-10-19(17)22(23)28-24(29)21-15(12-26)6-5-7-16(21)13-27/h1-11H,14H2. The highest BCUT2D eigenvalue weighted by Crippen LogP contribution is 2.38. The molecule has 0 saturated heterocycles. The SMILES string of the molecule is N#Cc1cccc(C#N)c1-c1nc2c3ccccc3c3ccccc3c2n1CCl. The van der Waals surface area contributed by atoms with Crippen LogP contribution in [0.15, 0.2) is 66.7 Å². The zero-order chi connectivity index (χ0) is 20.0. The molecule has 4 nitrogen and oxygen atoms in total. The van der Waals surface area contributed by atoms with Gasteiger partial charge in [0.25, 0.3) is 0 Å². The fourth-order valence-electron chi connectivity index (χ4n) is 4.05. The van der Waals surface area contributed by atoms with Crippen LogP contribution >= 0.6 is 11.6 Å². The van der Waals surface area contributed by atoms with Gasteiger partial charge in [-0.15, -0.1) is 11.6 Å². The van der Waals surface area contributed by atoms with E-state index in [-0.39, 0.29) is 6.00 Å². The maximum absolute atomic E-state index is 9.65. The average Bonchev–Trinajstić information content (AvgIpc) is 3.18. The van der Waals surface area contributed by atoms with Crippen molar-refractivity contribution in [3.8, 4) is 23.5 Å². The molecule has 0 bridgehead atoms. The third-order valence-corrected chi connectivity index (χ3v) is 5.51. The molecule has 5 rings (SSSR count). The van der Waals surface area contributed by atoms with Gasteiger partial charge in [-0.05, 0) is 22.9 Å². The molecule has 1 heterocycles. The van der Waals surface area contributed by atoms with Crippen molar-refractivity contribution in [2.24, 2.45) is 0 Å². The normalized spacial score (nSPS) is 11.0. The third kappa shape index (κ3) is 2.41. The number of hydrogen-bond acceptors (Lipinski definition) is 3. The molecule has 4 aromatic carbocycles. The van der Waals surface area contributed by atoms with Crippen molar-refractivity contribution in [2.45, 2.75) is 6.00 Å². The van der Waals surface area contributed by atoms with Gasteiger partial charge in [0.1, 0.15) is 5.82 Å².